The van der Waals surface area contributed by atoms with Crippen molar-refractivity contribution in [2.75, 3.05) is 0 Å². The van der Waals surface area contributed by atoms with Gasteiger partial charge in [-0.1, -0.05) is 22.9 Å². The Morgan fingerprint density at radius 2 is 2.10 bits per heavy atom. The summed E-state index contributed by atoms with van der Waals surface area (Å²) in [7, 11) is 0. The summed E-state index contributed by atoms with van der Waals surface area (Å²) in [5.41, 5.74) is 1.95. The fraction of sp³-hybridized carbons (Fsp3) is 0.200. The molecule has 0 aliphatic carbocycles. The summed E-state index contributed by atoms with van der Waals surface area (Å²) < 4.78 is 6.43. The molecule has 0 bridgehead atoms. The third-order valence-electron chi connectivity index (χ3n) is 2.75. The predicted molar refractivity (Wildman–Crippen MR) is 79.5 cm³/mol. The molecule has 20 heavy (non-hydrogen) atoms. The minimum atomic E-state index is -0.992. The highest BCUT2D eigenvalue weighted by molar-refractivity contribution is 9.10. The van der Waals surface area contributed by atoms with Crippen LogP contribution < -0.4 is 4.74 Å². The normalized spacial score (nSPS) is 10.3. The lowest BCUT2D eigenvalue weighted by Gasteiger charge is -2.11. The Labute approximate surface area is 125 Å². The Bertz CT molecular complexity index is 656. The second-order valence-corrected chi connectivity index (χ2v) is 5.25. The second-order valence-electron chi connectivity index (χ2n) is 4.33. The maximum atomic E-state index is 11.0. The fourth-order valence-electron chi connectivity index (χ4n) is 1.82. The van der Waals surface area contributed by atoms with E-state index in [9.17, 15) is 4.79 Å². The molecule has 104 valence electrons. The maximum absolute atomic E-state index is 11.0. The van der Waals surface area contributed by atoms with Crippen molar-refractivity contribution >= 4 is 21.9 Å². The van der Waals surface area contributed by atoms with Gasteiger partial charge in [0.2, 0.25) is 0 Å². The van der Waals surface area contributed by atoms with Gasteiger partial charge in [-0.05, 0) is 43.7 Å². The summed E-state index contributed by atoms with van der Waals surface area (Å²) in [4.78, 5) is 15.5. The molecule has 0 atom stereocenters. The SMILES string of the molecule is CCc1nc(C)ccc1Oc1cc(Br)cc(C(=O)O)c1. The summed E-state index contributed by atoms with van der Waals surface area (Å²) in [6.45, 7) is 3.92. The number of aromatic nitrogens is 1. The number of carboxylic acid groups (broad SMARTS) is 1. The van der Waals surface area contributed by atoms with E-state index in [1.165, 1.54) is 12.1 Å². The molecule has 1 aromatic carbocycles. The molecular weight excluding hydrogens is 322 g/mol. The van der Waals surface area contributed by atoms with Gasteiger partial charge in [0.25, 0.3) is 0 Å². The standard InChI is InChI=1S/C15H14BrNO3/c1-3-13-14(5-4-9(2)17-13)20-12-7-10(15(18)19)6-11(16)8-12/h4-8H,3H2,1-2H3,(H,18,19). The Morgan fingerprint density at radius 3 is 2.75 bits per heavy atom. The van der Waals surface area contributed by atoms with E-state index in [1.807, 2.05) is 26.0 Å². The van der Waals surface area contributed by atoms with Crippen LogP contribution in [0.5, 0.6) is 11.5 Å². The third kappa shape index (κ3) is 3.36. The first-order valence-electron chi connectivity index (χ1n) is 6.18. The van der Waals surface area contributed by atoms with Crippen LogP contribution in [0.25, 0.3) is 0 Å². The van der Waals surface area contributed by atoms with Crippen LogP contribution >= 0.6 is 15.9 Å². The fourth-order valence-corrected chi connectivity index (χ4v) is 2.29. The van der Waals surface area contributed by atoms with Crippen LogP contribution in [0.15, 0.2) is 34.8 Å². The number of aryl methyl sites for hydroxylation is 2. The van der Waals surface area contributed by atoms with Crippen molar-refractivity contribution in [1.82, 2.24) is 4.98 Å². The molecule has 0 aliphatic heterocycles. The predicted octanol–water partition coefficient (Wildman–Crippen LogP) is 4.21. The molecule has 4 nitrogen and oxygen atoms in total. The number of benzene rings is 1. The molecule has 0 spiro atoms. The van der Waals surface area contributed by atoms with E-state index in [4.69, 9.17) is 9.84 Å². The number of halogens is 1. The highest BCUT2D eigenvalue weighted by Gasteiger charge is 2.10. The third-order valence-corrected chi connectivity index (χ3v) is 3.21. The lowest BCUT2D eigenvalue weighted by molar-refractivity contribution is 0.0696. The summed E-state index contributed by atoms with van der Waals surface area (Å²) in [6.07, 6.45) is 0.747. The summed E-state index contributed by atoms with van der Waals surface area (Å²) >= 11 is 3.28. The number of rotatable bonds is 4. The minimum absolute atomic E-state index is 0.174. The number of aromatic carboxylic acids is 1. The number of ether oxygens (including phenoxy) is 1. The first-order valence-corrected chi connectivity index (χ1v) is 6.97. The van der Waals surface area contributed by atoms with Crippen LogP contribution in [0.2, 0.25) is 0 Å². The number of carboxylic acids is 1. The molecule has 0 unspecified atom stereocenters. The Balaban J connectivity index is 2.37. The van der Waals surface area contributed by atoms with Crippen LogP contribution in [0.1, 0.15) is 28.7 Å². The number of pyridine rings is 1. The lowest BCUT2D eigenvalue weighted by Crippen LogP contribution is -1.99. The first-order chi connectivity index (χ1) is 9.49. The van der Waals surface area contributed by atoms with Gasteiger partial charge in [0.1, 0.15) is 11.5 Å². The van der Waals surface area contributed by atoms with Crippen molar-refractivity contribution in [2.45, 2.75) is 20.3 Å². The molecule has 2 aromatic rings. The van der Waals surface area contributed by atoms with E-state index < -0.39 is 5.97 Å². The van der Waals surface area contributed by atoms with Gasteiger partial charge in [-0.2, -0.15) is 0 Å². The van der Waals surface area contributed by atoms with E-state index in [1.54, 1.807) is 6.07 Å². The monoisotopic (exact) mass is 335 g/mol. The topological polar surface area (TPSA) is 59.4 Å². The zero-order valence-electron chi connectivity index (χ0n) is 11.2. The van der Waals surface area contributed by atoms with Crippen molar-refractivity contribution < 1.29 is 14.6 Å². The molecule has 0 radical (unpaired) electrons. The molecule has 1 aromatic heterocycles. The van der Waals surface area contributed by atoms with Gasteiger partial charge in [0, 0.05) is 10.2 Å². The largest absolute Gasteiger partial charge is 0.478 e. The molecule has 5 heteroatoms. The van der Waals surface area contributed by atoms with Crippen molar-refractivity contribution in [3.05, 3.63) is 51.8 Å². The number of nitrogens with zero attached hydrogens (tertiary/aromatic N) is 1. The Kier molecular flexibility index (Phi) is 4.39. The van der Waals surface area contributed by atoms with E-state index >= 15 is 0 Å². The smallest absolute Gasteiger partial charge is 0.335 e. The molecule has 1 N–H and O–H groups in total. The van der Waals surface area contributed by atoms with Gasteiger partial charge in [-0.25, -0.2) is 4.79 Å². The lowest BCUT2D eigenvalue weighted by atomic mass is 10.2. The van der Waals surface area contributed by atoms with Gasteiger partial charge >= 0.3 is 5.97 Å². The highest BCUT2D eigenvalue weighted by Crippen LogP contribution is 2.28. The molecular formula is C15H14BrNO3. The summed E-state index contributed by atoms with van der Waals surface area (Å²) in [5.74, 6) is 0.124. The van der Waals surface area contributed by atoms with Crippen LogP contribution in [0.3, 0.4) is 0 Å². The van der Waals surface area contributed by atoms with Crippen molar-refractivity contribution in [3.63, 3.8) is 0 Å². The van der Waals surface area contributed by atoms with E-state index in [0.717, 1.165) is 17.8 Å². The van der Waals surface area contributed by atoms with E-state index in [-0.39, 0.29) is 5.56 Å². The Hall–Kier alpha value is -1.88. The minimum Gasteiger partial charge on any atom is -0.478 e. The van der Waals surface area contributed by atoms with Gasteiger partial charge in [0.15, 0.2) is 0 Å². The number of hydrogen-bond donors (Lipinski definition) is 1. The highest BCUT2D eigenvalue weighted by atomic mass is 79.9. The number of hydrogen-bond acceptors (Lipinski definition) is 3. The average molecular weight is 336 g/mol. The van der Waals surface area contributed by atoms with Gasteiger partial charge in [-0.15, -0.1) is 0 Å². The zero-order valence-corrected chi connectivity index (χ0v) is 12.8. The van der Waals surface area contributed by atoms with E-state index in [2.05, 4.69) is 20.9 Å². The van der Waals surface area contributed by atoms with Crippen molar-refractivity contribution in [1.29, 1.82) is 0 Å². The van der Waals surface area contributed by atoms with Crippen molar-refractivity contribution in [3.8, 4) is 11.5 Å². The van der Waals surface area contributed by atoms with Crippen molar-refractivity contribution in [2.24, 2.45) is 0 Å². The Morgan fingerprint density at radius 1 is 1.35 bits per heavy atom. The van der Waals surface area contributed by atoms with Gasteiger partial charge < -0.3 is 9.84 Å². The molecule has 0 aliphatic rings. The molecule has 2 rings (SSSR count). The van der Waals surface area contributed by atoms with Crippen LogP contribution in [0.4, 0.5) is 0 Å². The maximum Gasteiger partial charge on any atom is 0.335 e. The van der Waals surface area contributed by atoms with Crippen LogP contribution in [-0.4, -0.2) is 16.1 Å². The molecule has 0 saturated heterocycles. The summed E-state index contributed by atoms with van der Waals surface area (Å²) in [5, 5.41) is 9.05. The molecule has 1 heterocycles. The molecule has 0 fully saturated rings. The molecule has 0 saturated carbocycles. The van der Waals surface area contributed by atoms with E-state index in [0.29, 0.717) is 16.0 Å². The number of carbonyl (C=O) groups is 1. The zero-order chi connectivity index (χ0) is 14.7. The first kappa shape index (κ1) is 14.5. The second kappa shape index (κ2) is 6.05. The van der Waals surface area contributed by atoms with Crippen LogP contribution in [0, 0.1) is 6.92 Å². The van der Waals surface area contributed by atoms with Crippen LogP contribution in [-0.2, 0) is 6.42 Å². The quantitative estimate of drug-likeness (QED) is 0.909. The van der Waals surface area contributed by atoms with Gasteiger partial charge in [-0.3, -0.25) is 4.98 Å². The summed E-state index contributed by atoms with van der Waals surface area (Å²) in [6, 6.07) is 8.47. The average Bonchev–Trinajstić information content (AvgIpc) is 2.40. The van der Waals surface area contributed by atoms with Gasteiger partial charge in [0.05, 0.1) is 11.3 Å². The molecule has 0 amide bonds.